The maximum absolute atomic E-state index is 12.6. The quantitative estimate of drug-likeness (QED) is 0.821. The molecule has 1 N–H and O–H groups in total. The van der Waals surface area contributed by atoms with E-state index in [9.17, 15) is 9.59 Å². The predicted molar refractivity (Wildman–Crippen MR) is 102 cm³/mol. The molecule has 0 spiro atoms. The van der Waals surface area contributed by atoms with Crippen molar-refractivity contribution in [3.8, 4) is 11.1 Å². The Hall–Kier alpha value is -2.62. The summed E-state index contributed by atoms with van der Waals surface area (Å²) < 4.78 is 4.93. The van der Waals surface area contributed by atoms with Gasteiger partial charge >= 0.3 is 5.97 Å². The first-order chi connectivity index (χ1) is 12.7. The minimum absolute atomic E-state index is 0.156. The van der Waals surface area contributed by atoms with E-state index >= 15 is 0 Å². The fourth-order valence-corrected chi connectivity index (χ4v) is 3.63. The van der Waals surface area contributed by atoms with Gasteiger partial charge in [0.2, 0.25) is 0 Å². The van der Waals surface area contributed by atoms with E-state index in [1.807, 2.05) is 42.5 Å². The highest BCUT2D eigenvalue weighted by Crippen LogP contribution is 2.27. The van der Waals surface area contributed by atoms with E-state index in [4.69, 9.17) is 4.74 Å². The molecule has 1 atom stereocenters. The van der Waals surface area contributed by atoms with Gasteiger partial charge in [0.15, 0.2) is 0 Å². The van der Waals surface area contributed by atoms with Crippen LogP contribution in [0.4, 0.5) is 0 Å². The summed E-state index contributed by atoms with van der Waals surface area (Å²) in [5, 5.41) is 2.90. The molecule has 0 radical (unpaired) electrons. The minimum atomic E-state index is -0.568. The molecule has 26 heavy (non-hydrogen) atoms. The van der Waals surface area contributed by atoms with Crippen LogP contribution in [-0.2, 0) is 9.53 Å². The van der Waals surface area contributed by atoms with Gasteiger partial charge in [0.25, 0.3) is 5.91 Å². The molecule has 4 heteroatoms. The number of carbonyl (C=O) groups excluding carboxylic acids is 2. The van der Waals surface area contributed by atoms with E-state index < -0.39 is 6.04 Å². The number of nitrogens with one attached hydrogen (secondary N) is 1. The van der Waals surface area contributed by atoms with Gasteiger partial charge in [-0.3, -0.25) is 4.79 Å². The Balaban J connectivity index is 1.71. The molecule has 1 saturated carbocycles. The van der Waals surface area contributed by atoms with Crippen LogP contribution >= 0.6 is 0 Å². The zero-order chi connectivity index (χ0) is 18.4. The zero-order valence-electron chi connectivity index (χ0n) is 15.1. The number of ether oxygens (including phenoxy) is 1. The Labute approximate surface area is 154 Å². The van der Waals surface area contributed by atoms with E-state index in [1.54, 1.807) is 12.1 Å². The molecule has 0 heterocycles. The molecule has 136 valence electrons. The molecule has 0 aromatic heterocycles. The molecule has 2 aromatic carbocycles. The minimum Gasteiger partial charge on any atom is -0.467 e. The number of rotatable bonds is 5. The third-order valence-electron chi connectivity index (χ3n) is 5.12. The summed E-state index contributed by atoms with van der Waals surface area (Å²) in [5.74, 6) is -0.430. The fraction of sp³-hybridized carbons (Fsp3) is 0.364. The summed E-state index contributed by atoms with van der Waals surface area (Å²) in [6.07, 6.45) is 5.29. The van der Waals surface area contributed by atoms with E-state index in [0.717, 1.165) is 36.8 Å². The van der Waals surface area contributed by atoms with E-state index in [-0.39, 0.29) is 17.8 Å². The van der Waals surface area contributed by atoms with Gasteiger partial charge in [-0.25, -0.2) is 4.79 Å². The Bertz CT molecular complexity index is 734. The van der Waals surface area contributed by atoms with Crippen LogP contribution in [0.3, 0.4) is 0 Å². The van der Waals surface area contributed by atoms with Crippen LogP contribution in [0.1, 0.15) is 42.5 Å². The number of hydrogen-bond acceptors (Lipinski definition) is 3. The van der Waals surface area contributed by atoms with E-state index in [1.165, 1.54) is 13.5 Å². The maximum Gasteiger partial charge on any atom is 0.328 e. The van der Waals surface area contributed by atoms with Gasteiger partial charge in [0.1, 0.15) is 6.04 Å². The largest absolute Gasteiger partial charge is 0.467 e. The average Bonchev–Trinajstić information content (AvgIpc) is 2.72. The van der Waals surface area contributed by atoms with E-state index in [2.05, 4.69) is 5.32 Å². The van der Waals surface area contributed by atoms with Gasteiger partial charge in [0, 0.05) is 5.56 Å². The van der Waals surface area contributed by atoms with Crippen molar-refractivity contribution in [3.05, 3.63) is 60.2 Å². The molecule has 0 saturated heterocycles. The number of esters is 1. The highest BCUT2D eigenvalue weighted by molar-refractivity contribution is 5.97. The molecular weight excluding hydrogens is 326 g/mol. The highest BCUT2D eigenvalue weighted by Gasteiger charge is 2.31. The summed E-state index contributed by atoms with van der Waals surface area (Å²) in [6, 6.07) is 16.9. The number of benzene rings is 2. The van der Waals surface area contributed by atoms with E-state index in [0.29, 0.717) is 5.56 Å². The topological polar surface area (TPSA) is 55.4 Å². The Morgan fingerprint density at radius 1 is 0.923 bits per heavy atom. The molecular formula is C22H25NO3. The van der Waals surface area contributed by atoms with Crippen molar-refractivity contribution in [1.82, 2.24) is 5.32 Å². The summed E-state index contributed by atoms with van der Waals surface area (Å²) in [4.78, 5) is 24.8. The lowest BCUT2D eigenvalue weighted by Crippen LogP contribution is -2.47. The first-order valence-corrected chi connectivity index (χ1v) is 9.23. The van der Waals surface area contributed by atoms with Crippen molar-refractivity contribution in [2.75, 3.05) is 7.11 Å². The Morgan fingerprint density at radius 3 is 2.15 bits per heavy atom. The summed E-state index contributed by atoms with van der Waals surface area (Å²) >= 11 is 0. The second-order valence-electron chi connectivity index (χ2n) is 6.82. The van der Waals surface area contributed by atoms with Gasteiger partial charge in [-0.15, -0.1) is 0 Å². The van der Waals surface area contributed by atoms with Crippen molar-refractivity contribution in [2.45, 2.75) is 38.1 Å². The predicted octanol–water partition coefficient (Wildman–Crippen LogP) is 4.21. The Morgan fingerprint density at radius 2 is 1.54 bits per heavy atom. The molecule has 0 unspecified atom stereocenters. The van der Waals surface area contributed by atoms with Crippen LogP contribution in [0.25, 0.3) is 11.1 Å². The molecule has 1 amide bonds. The van der Waals surface area contributed by atoms with Crippen molar-refractivity contribution in [3.63, 3.8) is 0 Å². The monoisotopic (exact) mass is 351 g/mol. The molecule has 1 aliphatic carbocycles. The second kappa shape index (κ2) is 8.65. The summed E-state index contributed by atoms with van der Waals surface area (Å²) in [7, 11) is 1.37. The van der Waals surface area contributed by atoms with Gasteiger partial charge in [-0.2, -0.15) is 0 Å². The van der Waals surface area contributed by atoms with Gasteiger partial charge in [-0.05, 0) is 42.0 Å². The molecule has 1 fully saturated rings. The first-order valence-electron chi connectivity index (χ1n) is 9.23. The molecule has 0 aliphatic heterocycles. The Kier molecular flexibility index (Phi) is 6.05. The number of hydrogen-bond donors (Lipinski definition) is 1. The molecule has 4 nitrogen and oxygen atoms in total. The SMILES string of the molecule is COC(=O)[C@@H](NC(=O)c1ccc(-c2ccccc2)cc1)C1CCCCC1. The van der Waals surface area contributed by atoms with Gasteiger partial charge < -0.3 is 10.1 Å². The van der Waals surface area contributed by atoms with Crippen LogP contribution < -0.4 is 5.32 Å². The lowest BCUT2D eigenvalue weighted by Gasteiger charge is -2.29. The van der Waals surface area contributed by atoms with Crippen molar-refractivity contribution in [1.29, 1.82) is 0 Å². The number of amides is 1. The maximum atomic E-state index is 12.6. The van der Waals surface area contributed by atoms with Crippen molar-refractivity contribution < 1.29 is 14.3 Å². The molecule has 2 aromatic rings. The fourth-order valence-electron chi connectivity index (χ4n) is 3.63. The second-order valence-corrected chi connectivity index (χ2v) is 6.82. The standard InChI is InChI=1S/C22H25NO3/c1-26-22(25)20(18-10-6-3-7-11-18)23-21(24)19-14-12-17(13-15-19)16-8-4-2-5-9-16/h2,4-5,8-9,12-15,18,20H,3,6-7,10-11H2,1H3,(H,23,24)/t20-/m0/s1. The van der Waals surface area contributed by atoms with Crippen LogP contribution in [0, 0.1) is 5.92 Å². The zero-order valence-corrected chi connectivity index (χ0v) is 15.1. The summed E-state index contributed by atoms with van der Waals surface area (Å²) in [6.45, 7) is 0. The van der Waals surface area contributed by atoms with Gasteiger partial charge in [-0.1, -0.05) is 61.7 Å². The molecule has 3 rings (SSSR count). The van der Waals surface area contributed by atoms with Crippen molar-refractivity contribution >= 4 is 11.9 Å². The van der Waals surface area contributed by atoms with Crippen LogP contribution in [0.2, 0.25) is 0 Å². The molecule has 0 bridgehead atoms. The lowest BCUT2D eigenvalue weighted by atomic mass is 9.83. The smallest absolute Gasteiger partial charge is 0.328 e. The summed E-state index contributed by atoms with van der Waals surface area (Å²) in [5.41, 5.74) is 2.71. The number of carbonyl (C=O) groups is 2. The highest BCUT2D eigenvalue weighted by atomic mass is 16.5. The lowest BCUT2D eigenvalue weighted by molar-refractivity contribution is -0.144. The average molecular weight is 351 g/mol. The van der Waals surface area contributed by atoms with Crippen molar-refractivity contribution in [2.24, 2.45) is 5.92 Å². The van der Waals surface area contributed by atoms with Crippen LogP contribution in [0.5, 0.6) is 0 Å². The van der Waals surface area contributed by atoms with Crippen LogP contribution in [-0.4, -0.2) is 25.0 Å². The molecule has 1 aliphatic rings. The van der Waals surface area contributed by atoms with Gasteiger partial charge in [0.05, 0.1) is 7.11 Å². The third-order valence-corrected chi connectivity index (χ3v) is 5.12. The third kappa shape index (κ3) is 4.31. The number of methoxy groups -OCH3 is 1. The normalized spacial score (nSPS) is 15.9. The van der Waals surface area contributed by atoms with Crippen LogP contribution in [0.15, 0.2) is 54.6 Å². The first kappa shape index (κ1) is 18.2.